The summed E-state index contributed by atoms with van der Waals surface area (Å²) in [5.41, 5.74) is 1.77. The van der Waals surface area contributed by atoms with Crippen LogP contribution in [0.4, 0.5) is 0 Å². The Labute approximate surface area is 122 Å². The molecule has 5 nitrogen and oxygen atoms in total. The van der Waals surface area contributed by atoms with E-state index in [1.807, 2.05) is 6.92 Å². The third-order valence-electron chi connectivity index (χ3n) is 3.19. The fraction of sp³-hybridized carbons (Fsp3) is 0.714. The summed E-state index contributed by atoms with van der Waals surface area (Å²) < 4.78 is 23.1. The van der Waals surface area contributed by atoms with Gasteiger partial charge in [-0.1, -0.05) is 13.8 Å². The molecule has 1 N–H and O–H groups in total. The Kier molecular flexibility index (Phi) is 7.09. The maximum Gasteiger partial charge on any atom is 0.150 e. The molecule has 1 heterocycles. The van der Waals surface area contributed by atoms with Crippen LogP contribution in [0.2, 0.25) is 0 Å². The first-order chi connectivity index (χ1) is 9.48. The molecule has 0 saturated carbocycles. The van der Waals surface area contributed by atoms with Gasteiger partial charge in [-0.25, -0.2) is 8.42 Å². The SMILES string of the molecule is CCCNC(CCCS(=O)(=O)CC)c1cnc(C)cn1. The van der Waals surface area contributed by atoms with E-state index < -0.39 is 9.84 Å². The summed E-state index contributed by atoms with van der Waals surface area (Å²) in [7, 11) is -2.89. The fourth-order valence-electron chi connectivity index (χ4n) is 1.91. The van der Waals surface area contributed by atoms with Gasteiger partial charge in [-0.3, -0.25) is 9.97 Å². The molecule has 0 spiro atoms. The average molecular weight is 299 g/mol. The first kappa shape index (κ1) is 17.0. The van der Waals surface area contributed by atoms with Crippen molar-refractivity contribution in [1.29, 1.82) is 0 Å². The number of sulfone groups is 1. The van der Waals surface area contributed by atoms with Crippen molar-refractivity contribution in [3.63, 3.8) is 0 Å². The highest BCUT2D eigenvalue weighted by molar-refractivity contribution is 7.91. The molecule has 6 heteroatoms. The van der Waals surface area contributed by atoms with Gasteiger partial charge in [0, 0.05) is 11.9 Å². The van der Waals surface area contributed by atoms with Gasteiger partial charge < -0.3 is 5.32 Å². The topological polar surface area (TPSA) is 72.0 Å². The highest BCUT2D eigenvalue weighted by atomic mass is 32.2. The van der Waals surface area contributed by atoms with Gasteiger partial charge in [0.05, 0.1) is 29.4 Å². The smallest absolute Gasteiger partial charge is 0.150 e. The Balaban J connectivity index is 2.62. The summed E-state index contributed by atoms with van der Waals surface area (Å²) in [5, 5.41) is 3.41. The van der Waals surface area contributed by atoms with Crippen LogP contribution in [-0.2, 0) is 9.84 Å². The van der Waals surface area contributed by atoms with Crippen molar-refractivity contribution in [1.82, 2.24) is 15.3 Å². The molecule has 0 saturated heterocycles. The van der Waals surface area contributed by atoms with E-state index in [2.05, 4.69) is 22.2 Å². The Morgan fingerprint density at radius 1 is 1.25 bits per heavy atom. The average Bonchev–Trinajstić information content (AvgIpc) is 2.43. The maximum atomic E-state index is 11.5. The predicted molar refractivity (Wildman–Crippen MR) is 81.4 cm³/mol. The minimum Gasteiger partial charge on any atom is -0.309 e. The van der Waals surface area contributed by atoms with Crippen LogP contribution in [0.1, 0.15) is 50.5 Å². The van der Waals surface area contributed by atoms with E-state index in [-0.39, 0.29) is 17.5 Å². The molecule has 1 atom stereocenters. The second-order valence-corrected chi connectivity index (χ2v) is 7.44. The lowest BCUT2D eigenvalue weighted by atomic mass is 10.1. The molecule has 0 aliphatic carbocycles. The standard InChI is InChI=1S/C14H25N3O2S/c1-4-8-15-13(7-6-9-20(18,19)5-2)14-11-16-12(3)10-17-14/h10-11,13,15H,4-9H2,1-3H3. The van der Waals surface area contributed by atoms with Gasteiger partial charge in [-0.2, -0.15) is 0 Å². The maximum absolute atomic E-state index is 11.5. The molecule has 0 amide bonds. The third kappa shape index (κ3) is 5.96. The molecule has 0 fully saturated rings. The van der Waals surface area contributed by atoms with Gasteiger partial charge in [-0.05, 0) is 32.7 Å². The molecule has 20 heavy (non-hydrogen) atoms. The highest BCUT2D eigenvalue weighted by Gasteiger charge is 2.14. The second kappa shape index (κ2) is 8.32. The zero-order chi connectivity index (χ0) is 15.0. The molecule has 114 valence electrons. The quantitative estimate of drug-likeness (QED) is 0.755. The van der Waals surface area contributed by atoms with Crippen LogP contribution in [0.5, 0.6) is 0 Å². The Morgan fingerprint density at radius 3 is 2.55 bits per heavy atom. The number of hydrogen-bond donors (Lipinski definition) is 1. The van der Waals surface area contributed by atoms with Gasteiger partial charge in [0.1, 0.15) is 9.84 Å². The Morgan fingerprint density at radius 2 is 2.00 bits per heavy atom. The van der Waals surface area contributed by atoms with E-state index in [4.69, 9.17) is 0 Å². The minimum absolute atomic E-state index is 0.0788. The highest BCUT2D eigenvalue weighted by Crippen LogP contribution is 2.16. The van der Waals surface area contributed by atoms with Gasteiger partial charge in [-0.15, -0.1) is 0 Å². The van der Waals surface area contributed by atoms with Crippen LogP contribution >= 0.6 is 0 Å². The molecule has 1 rings (SSSR count). The number of nitrogens with one attached hydrogen (secondary N) is 1. The number of hydrogen-bond acceptors (Lipinski definition) is 5. The molecule has 1 aromatic heterocycles. The summed E-state index contributed by atoms with van der Waals surface area (Å²) in [6, 6.07) is 0.0788. The van der Waals surface area contributed by atoms with Crippen LogP contribution in [-0.4, -0.2) is 36.4 Å². The van der Waals surface area contributed by atoms with Crippen molar-refractivity contribution in [2.75, 3.05) is 18.1 Å². The molecule has 0 aliphatic heterocycles. The Hall–Kier alpha value is -1.01. The van der Waals surface area contributed by atoms with Gasteiger partial charge >= 0.3 is 0 Å². The lowest BCUT2D eigenvalue weighted by molar-refractivity contribution is 0.480. The monoisotopic (exact) mass is 299 g/mol. The van der Waals surface area contributed by atoms with Crippen molar-refractivity contribution < 1.29 is 8.42 Å². The lowest BCUT2D eigenvalue weighted by Crippen LogP contribution is -2.24. The van der Waals surface area contributed by atoms with Crippen LogP contribution < -0.4 is 5.32 Å². The normalized spacial score (nSPS) is 13.3. The van der Waals surface area contributed by atoms with Crippen molar-refractivity contribution in [3.05, 3.63) is 23.8 Å². The number of aryl methyl sites for hydroxylation is 1. The first-order valence-electron chi connectivity index (χ1n) is 7.21. The molecule has 0 aromatic carbocycles. The van der Waals surface area contributed by atoms with Crippen LogP contribution in [0.3, 0.4) is 0 Å². The van der Waals surface area contributed by atoms with Crippen molar-refractivity contribution in [2.45, 2.75) is 46.1 Å². The predicted octanol–water partition coefficient (Wildman–Crippen LogP) is 2.04. The number of rotatable bonds is 9. The van der Waals surface area contributed by atoms with Gasteiger partial charge in [0.25, 0.3) is 0 Å². The first-order valence-corrected chi connectivity index (χ1v) is 9.03. The Bertz CT molecular complexity index is 486. The molecular weight excluding hydrogens is 274 g/mol. The number of nitrogens with zero attached hydrogens (tertiary/aromatic N) is 2. The second-order valence-electron chi connectivity index (χ2n) is 4.97. The van der Waals surface area contributed by atoms with E-state index in [9.17, 15) is 8.42 Å². The minimum atomic E-state index is -2.89. The molecular formula is C14H25N3O2S. The van der Waals surface area contributed by atoms with Gasteiger partial charge in [0.15, 0.2) is 0 Å². The molecule has 1 unspecified atom stereocenters. The molecule has 0 aliphatic rings. The zero-order valence-corrected chi connectivity index (χ0v) is 13.4. The van der Waals surface area contributed by atoms with Crippen LogP contribution in [0.25, 0.3) is 0 Å². The summed E-state index contributed by atoms with van der Waals surface area (Å²) in [6.07, 6.45) is 5.96. The van der Waals surface area contributed by atoms with E-state index in [0.29, 0.717) is 6.42 Å². The molecule has 1 aromatic rings. The summed E-state index contributed by atoms with van der Waals surface area (Å²) in [4.78, 5) is 8.65. The van der Waals surface area contributed by atoms with Crippen molar-refractivity contribution >= 4 is 9.84 Å². The van der Waals surface area contributed by atoms with Crippen LogP contribution in [0.15, 0.2) is 12.4 Å². The third-order valence-corrected chi connectivity index (χ3v) is 4.98. The van der Waals surface area contributed by atoms with Crippen LogP contribution in [0, 0.1) is 6.92 Å². The molecule has 0 bridgehead atoms. The van der Waals surface area contributed by atoms with Gasteiger partial charge in [0.2, 0.25) is 0 Å². The zero-order valence-electron chi connectivity index (χ0n) is 12.6. The molecule has 0 radical (unpaired) electrons. The van der Waals surface area contributed by atoms with Crippen molar-refractivity contribution in [3.8, 4) is 0 Å². The number of aromatic nitrogens is 2. The largest absolute Gasteiger partial charge is 0.309 e. The lowest BCUT2D eigenvalue weighted by Gasteiger charge is -2.17. The summed E-state index contributed by atoms with van der Waals surface area (Å²) >= 11 is 0. The summed E-state index contributed by atoms with van der Waals surface area (Å²) in [6.45, 7) is 6.58. The fourth-order valence-corrected chi connectivity index (χ4v) is 2.80. The van der Waals surface area contributed by atoms with E-state index in [1.165, 1.54) is 0 Å². The van der Waals surface area contributed by atoms with E-state index >= 15 is 0 Å². The van der Waals surface area contributed by atoms with E-state index in [1.54, 1.807) is 19.3 Å². The van der Waals surface area contributed by atoms with E-state index in [0.717, 1.165) is 30.8 Å². The summed E-state index contributed by atoms with van der Waals surface area (Å²) in [5.74, 6) is 0.456. The van der Waals surface area contributed by atoms with Crippen molar-refractivity contribution in [2.24, 2.45) is 0 Å².